The van der Waals surface area contributed by atoms with Crippen LogP contribution in [0, 0.1) is 0 Å². The van der Waals surface area contributed by atoms with Gasteiger partial charge in [-0.25, -0.2) is 0 Å². The Kier molecular flexibility index (Phi) is 3.23. The number of nitrogens with one attached hydrogen (secondary N) is 1. The molecule has 1 aromatic carbocycles. The molecule has 0 bridgehead atoms. The summed E-state index contributed by atoms with van der Waals surface area (Å²) in [6.45, 7) is 4.50. The van der Waals surface area contributed by atoms with Crippen LogP contribution in [0.3, 0.4) is 0 Å². The van der Waals surface area contributed by atoms with E-state index in [2.05, 4.69) is 24.4 Å². The van der Waals surface area contributed by atoms with Gasteiger partial charge < -0.3 is 15.8 Å². The quantitative estimate of drug-likeness (QED) is 0.775. The first-order valence-electron chi connectivity index (χ1n) is 5.46. The summed E-state index contributed by atoms with van der Waals surface area (Å²) in [6, 6.07) is 8.62. The van der Waals surface area contributed by atoms with E-state index >= 15 is 0 Å². The normalized spacial score (nSPS) is 20.8. The summed E-state index contributed by atoms with van der Waals surface area (Å²) >= 11 is 0. The third-order valence-corrected chi connectivity index (χ3v) is 2.87. The van der Waals surface area contributed by atoms with E-state index in [4.69, 9.17) is 10.5 Å². The van der Waals surface area contributed by atoms with Crippen LogP contribution in [0.2, 0.25) is 0 Å². The van der Waals surface area contributed by atoms with E-state index in [-0.39, 0.29) is 0 Å². The van der Waals surface area contributed by atoms with E-state index in [1.807, 2.05) is 12.1 Å². The zero-order valence-electron chi connectivity index (χ0n) is 9.07. The predicted octanol–water partition coefficient (Wildman–Crippen LogP) is 1.10. The van der Waals surface area contributed by atoms with Crippen molar-refractivity contribution < 1.29 is 4.74 Å². The molecule has 1 heterocycles. The van der Waals surface area contributed by atoms with E-state index in [9.17, 15) is 0 Å². The first-order valence-corrected chi connectivity index (χ1v) is 5.46. The van der Waals surface area contributed by atoms with E-state index in [0.29, 0.717) is 18.5 Å². The smallest absolute Gasteiger partial charge is 0.122 e. The Bertz CT molecular complexity index is 327. The molecule has 1 aliphatic rings. The lowest BCUT2D eigenvalue weighted by atomic mass is 10.0. The predicted molar refractivity (Wildman–Crippen MR) is 61.2 cm³/mol. The van der Waals surface area contributed by atoms with Gasteiger partial charge in [-0.05, 0) is 13.0 Å². The number of nitrogens with two attached hydrogens (primary N) is 1. The molecule has 0 aromatic heterocycles. The highest BCUT2D eigenvalue weighted by atomic mass is 16.5. The molecular weight excluding hydrogens is 188 g/mol. The van der Waals surface area contributed by atoms with Crippen LogP contribution in [-0.2, 0) is 0 Å². The molecule has 2 rings (SSSR count). The molecule has 3 heteroatoms. The second-order valence-electron chi connectivity index (χ2n) is 4.09. The monoisotopic (exact) mass is 206 g/mol. The molecule has 3 nitrogen and oxygen atoms in total. The second kappa shape index (κ2) is 4.64. The van der Waals surface area contributed by atoms with Crippen molar-refractivity contribution in [2.75, 3.05) is 19.7 Å². The third kappa shape index (κ3) is 2.30. The molecular formula is C12H18N2O. The lowest BCUT2D eigenvalue weighted by Gasteiger charge is -2.14. The Labute approximate surface area is 90.6 Å². The molecule has 2 atom stereocenters. The summed E-state index contributed by atoms with van der Waals surface area (Å²) in [5, 5.41) is 3.41. The Balaban J connectivity index is 1.96. The first kappa shape index (κ1) is 10.5. The minimum absolute atomic E-state index is 0.373. The molecule has 0 saturated heterocycles. The highest BCUT2D eigenvalue weighted by molar-refractivity contribution is 5.39. The maximum absolute atomic E-state index is 5.61. The number of ether oxygens (including phenoxy) is 1. The lowest BCUT2D eigenvalue weighted by molar-refractivity contribution is 0.323. The van der Waals surface area contributed by atoms with E-state index < -0.39 is 0 Å². The minimum Gasteiger partial charge on any atom is -0.493 e. The zero-order valence-corrected chi connectivity index (χ0v) is 9.07. The number of fused-ring (bicyclic) bond motifs is 1. The summed E-state index contributed by atoms with van der Waals surface area (Å²) < 4.78 is 5.61. The molecule has 1 aliphatic heterocycles. The number of benzene rings is 1. The van der Waals surface area contributed by atoms with Gasteiger partial charge in [0.1, 0.15) is 5.75 Å². The Morgan fingerprint density at radius 3 is 3.13 bits per heavy atom. The van der Waals surface area contributed by atoms with Crippen LogP contribution in [0.25, 0.3) is 0 Å². The van der Waals surface area contributed by atoms with Crippen LogP contribution < -0.4 is 15.8 Å². The van der Waals surface area contributed by atoms with Gasteiger partial charge >= 0.3 is 0 Å². The van der Waals surface area contributed by atoms with Crippen molar-refractivity contribution in [1.82, 2.24) is 5.32 Å². The van der Waals surface area contributed by atoms with Crippen molar-refractivity contribution in [3.8, 4) is 5.75 Å². The van der Waals surface area contributed by atoms with Crippen LogP contribution in [-0.4, -0.2) is 25.7 Å². The average Bonchev–Trinajstić information content (AvgIpc) is 2.69. The summed E-state index contributed by atoms with van der Waals surface area (Å²) in [6.07, 6.45) is 0. The summed E-state index contributed by atoms with van der Waals surface area (Å²) in [5.41, 5.74) is 6.87. The fourth-order valence-electron chi connectivity index (χ4n) is 1.83. The molecule has 15 heavy (non-hydrogen) atoms. The van der Waals surface area contributed by atoms with Crippen LogP contribution in [0.15, 0.2) is 24.3 Å². The van der Waals surface area contributed by atoms with Gasteiger partial charge in [-0.1, -0.05) is 18.2 Å². The van der Waals surface area contributed by atoms with Crippen LogP contribution in [0.5, 0.6) is 5.75 Å². The maximum atomic E-state index is 5.61. The average molecular weight is 206 g/mol. The van der Waals surface area contributed by atoms with Crippen molar-refractivity contribution in [2.24, 2.45) is 5.73 Å². The van der Waals surface area contributed by atoms with E-state index in [0.717, 1.165) is 18.9 Å². The lowest BCUT2D eigenvalue weighted by Crippen LogP contribution is -2.36. The Morgan fingerprint density at radius 1 is 1.53 bits per heavy atom. The number of hydrogen-bond donors (Lipinski definition) is 2. The van der Waals surface area contributed by atoms with Crippen molar-refractivity contribution >= 4 is 0 Å². The fourth-order valence-corrected chi connectivity index (χ4v) is 1.83. The fraction of sp³-hybridized carbons (Fsp3) is 0.500. The molecule has 0 amide bonds. The molecule has 3 N–H and O–H groups in total. The van der Waals surface area contributed by atoms with Gasteiger partial charge in [0.2, 0.25) is 0 Å². The van der Waals surface area contributed by atoms with Gasteiger partial charge in [0.25, 0.3) is 0 Å². The largest absolute Gasteiger partial charge is 0.493 e. The van der Waals surface area contributed by atoms with Crippen molar-refractivity contribution in [2.45, 2.75) is 18.9 Å². The van der Waals surface area contributed by atoms with Gasteiger partial charge in [0, 0.05) is 30.6 Å². The first-order chi connectivity index (χ1) is 7.31. The van der Waals surface area contributed by atoms with Crippen LogP contribution in [0.1, 0.15) is 18.4 Å². The molecule has 0 radical (unpaired) electrons. The van der Waals surface area contributed by atoms with Gasteiger partial charge in [-0.2, -0.15) is 0 Å². The highest BCUT2D eigenvalue weighted by Crippen LogP contribution is 2.32. The van der Waals surface area contributed by atoms with Crippen LogP contribution in [0.4, 0.5) is 0 Å². The molecule has 1 aromatic rings. The zero-order chi connectivity index (χ0) is 10.7. The Morgan fingerprint density at radius 2 is 2.33 bits per heavy atom. The van der Waals surface area contributed by atoms with Gasteiger partial charge in [0.05, 0.1) is 6.61 Å². The minimum atomic E-state index is 0.373. The molecule has 0 spiro atoms. The van der Waals surface area contributed by atoms with Gasteiger partial charge in [-0.15, -0.1) is 0 Å². The van der Waals surface area contributed by atoms with Crippen LogP contribution >= 0.6 is 0 Å². The molecule has 0 aliphatic carbocycles. The summed E-state index contributed by atoms with van der Waals surface area (Å²) in [5.74, 6) is 1.50. The third-order valence-electron chi connectivity index (χ3n) is 2.87. The van der Waals surface area contributed by atoms with Crippen molar-refractivity contribution in [1.29, 1.82) is 0 Å². The van der Waals surface area contributed by atoms with Crippen molar-refractivity contribution in [3.05, 3.63) is 29.8 Å². The van der Waals surface area contributed by atoms with Gasteiger partial charge in [-0.3, -0.25) is 0 Å². The number of para-hydroxylation sites is 1. The molecule has 2 unspecified atom stereocenters. The molecule has 0 fully saturated rings. The molecule has 0 saturated carbocycles. The Hall–Kier alpha value is -1.06. The standard InChI is InChI=1S/C12H18N2O/c1-9(6-13)14-7-10-8-15-12-5-3-2-4-11(10)12/h2-5,9-10,14H,6-8,13H2,1H3. The SMILES string of the molecule is CC(CN)NCC1COc2ccccc21. The second-order valence-corrected chi connectivity index (χ2v) is 4.09. The maximum Gasteiger partial charge on any atom is 0.122 e. The number of rotatable bonds is 4. The van der Waals surface area contributed by atoms with Gasteiger partial charge in [0.15, 0.2) is 0 Å². The number of hydrogen-bond acceptors (Lipinski definition) is 3. The topological polar surface area (TPSA) is 47.3 Å². The van der Waals surface area contributed by atoms with E-state index in [1.54, 1.807) is 0 Å². The highest BCUT2D eigenvalue weighted by Gasteiger charge is 2.23. The molecule has 82 valence electrons. The summed E-state index contributed by atoms with van der Waals surface area (Å²) in [7, 11) is 0. The summed E-state index contributed by atoms with van der Waals surface area (Å²) in [4.78, 5) is 0. The van der Waals surface area contributed by atoms with E-state index in [1.165, 1.54) is 5.56 Å². The van der Waals surface area contributed by atoms with Crippen molar-refractivity contribution in [3.63, 3.8) is 0 Å².